The summed E-state index contributed by atoms with van der Waals surface area (Å²) in [5, 5.41) is 3.81. The van der Waals surface area contributed by atoms with Crippen LogP contribution in [-0.2, 0) is 11.2 Å². The lowest BCUT2D eigenvalue weighted by Gasteiger charge is -2.28. The van der Waals surface area contributed by atoms with Crippen LogP contribution < -0.4 is 10.9 Å². The van der Waals surface area contributed by atoms with Crippen LogP contribution in [0.15, 0.2) is 29.1 Å². The van der Waals surface area contributed by atoms with Crippen LogP contribution in [0.2, 0.25) is 0 Å². The second-order valence-electron chi connectivity index (χ2n) is 8.08. The highest BCUT2D eigenvalue weighted by Gasteiger charge is 2.42. The number of carbonyl (C=O) groups is 1. The molecule has 1 amide bonds. The Morgan fingerprint density at radius 2 is 2.15 bits per heavy atom. The summed E-state index contributed by atoms with van der Waals surface area (Å²) in [5.41, 5.74) is 0.598. The SMILES string of the molecule is CC(NC(=O)CCCc1nc2ccccc2c(=O)[nH]1)C1CC2CCC1C2. The molecule has 0 spiro atoms. The molecule has 2 aliphatic carbocycles. The first-order chi connectivity index (χ1) is 12.6. The van der Waals surface area contributed by atoms with Gasteiger partial charge in [0.15, 0.2) is 0 Å². The van der Waals surface area contributed by atoms with Crippen LogP contribution >= 0.6 is 0 Å². The van der Waals surface area contributed by atoms with Gasteiger partial charge in [0.25, 0.3) is 5.56 Å². The van der Waals surface area contributed by atoms with E-state index in [-0.39, 0.29) is 17.5 Å². The van der Waals surface area contributed by atoms with Crippen molar-refractivity contribution in [1.29, 1.82) is 0 Å². The molecule has 4 atom stereocenters. The van der Waals surface area contributed by atoms with Gasteiger partial charge in [-0.05, 0) is 62.5 Å². The van der Waals surface area contributed by atoms with Crippen LogP contribution in [0.1, 0.15) is 51.3 Å². The third-order valence-electron chi connectivity index (χ3n) is 6.30. The quantitative estimate of drug-likeness (QED) is 0.837. The molecule has 2 fully saturated rings. The van der Waals surface area contributed by atoms with Gasteiger partial charge in [-0.25, -0.2) is 4.98 Å². The van der Waals surface area contributed by atoms with E-state index in [1.807, 2.05) is 18.2 Å². The summed E-state index contributed by atoms with van der Waals surface area (Å²) < 4.78 is 0. The fourth-order valence-electron chi connectivity index (χ4n) is 5.01. The Labute approximate surface area is 153 Å². The zero-order valence-corrected chi connectivity index (χ0v) is 15.3. The fourth-order valence-corrected chi connectivity index (χ4v) is 5.01. The molecule has 138 valence electrons. The number of aryl methyl sites for hydroxylation is 1. The number of hydrogen-bond donors (Lipinski definition) is 2. The van der Waals surface area contributed by atoms with Crippen molar-refractivity contribution in [2.24, 2.45) is 17.8 Å². The lowest BCUT2D eigenvalue weighted by Crippen LogP contribution is -2.40. The number of benzene rings is 1. The number of aromatic nitrogens is 2. The van der Waals surface area contributed by atoms with Gasteiger partial charge in [-0.1, -0.05) is 18.6 Å². The zero-order chi connectivity index (χ0) is 18.1. The Kier molecular flexibility index (Phi) is 4.79. The highest BCUT2D eigenvalue weighted by atomic mass is 16.1. The second-order valence-corrected chi connectivity index (χ2v) is 8.08. The summed E-state index contributed by atoms with van der Waals surface area (Å²) in [6, 6.07) is 7.60. The molecule has 0 radical (unpaired) electrons. The minimum Gasteiger partial charge on any atom is -0.353 e. The average Bonchev–Trinajstić information content (AvgIpc) is 3.25. The summed E-state index contributed by atoms with van der Waals surface area (Å²) >= 11 is 0. The predicted octanol–water partition coefficient (Wildman–Crippen LogP) is 3.19. The first kappa shape index (κ1) is 17.3. The van der Waals surface area contributed by atoms with Crippen LogP contribution in [0.4, 0.5) is 0 Å². The summed E-state index contributed by atoms with van der Waals surface area (Å²) in [4.78, 5) is 31.7. The van der Waals surface area contributed by atoms with Crippen LogP contribution in [0, 0.1) is 17.8 Å². The summed E-state index contributed by atoms with van der Waals surface area (Å²) in [7, 11) is 0. The average molecular weight is 353 g/mol. The highest BCUT2D eigenvalue weighted by molar-refractivity contribution is 5.77. The number of hydrogen-bond acceptors (Lipinski definition) is 3. The van der Waals surface area contributed by atoms with E-state index in [1.54, 1.807) is 6.07 Å². The summed E-state index contributed by atoms with van der Waals surface area (Å²) in [6.07, 6.45) is 7.16. The van der Waals surface area contributed by atoms with Crippen LogP contribution in [0.25, 0.3) is 10.9 Å². The molecule has 2 saturated carbocycles. The molecule has 4 rings (SSSR count). The molecule has 1 heterocycles. The number of fused-ring (bicyclic) bond motifs is 3. The van der Waals surface area contributed by atoms with E-state index in [4.69, 9.17) is 0 Å². The molecule has 0 saturated heterocycles. The normalized spacial score (nSPS) is 25.5. The van der Waals surface area contributed by atoms with E-state index in [2.05, 4.69) is 22.2 Å². The molecule has 2 aliphatic rings. The van der Waals surface area contributed by atoms with Crippen molar-refractivity contribution in [3.05, 3.63) is 40.4 Å². The first-order valence-corrected chi connectivity index (χ1v) is 9.87. The Hall–Kier alpha value is -2.17. The van der Waals surface area contributed by atoms with Crippen LogP contribution in [0.3, 0.4) is 0 Å². The maximum atomic E-state index is 12.3. The van der Waals surface area contributed by atoms with Crippen molar-refractivity contribution in [2.45, 2.75) is 57.9 Å². The number of rotatable bonds is 6. The lowest BCUT2D eigenvalue weighted by atomic mass is 9.84. The molecule has 0 aliphatic heterocycles. The molecular formula is C21H27N3O2. The van der Waals surface area contributed by atoms with Crippen molar-refractivity contribution in [3.8, 4) is 0 Å². The van der Waals surface area contributed by atoms with Gasteiger partial charge >= 0.3 is 0 Å². The van der Waals surface area contributed by atoms with Gasteiger partial charge in [0, 0.05) is 18.9 Å². The van der Waals surface area contributed by atoms with Gasteiger partial charge in [-0.2, -0.15) is 0 Å². The van der Waals surface area contributed by atoms with E-state index >= 15 is 0 Å². The number of para-hydroxylation sites is 1. The van der Waals surface area contributed by atoms with Crippen molar-refractivity contribution < 1.29 is 4.79 Å². The number of carbonyl (C=O) groups excluding carboxylic acids is 1. The molecule has 1 aromatic heterocycles. The molecule has 26 heavy (non-hydrogen) atoms. The Morgan fingerprint density at radius 1 is 1.31 bits per heavy atom. The summed E-state index contributed by atoms with van der Waals surface area (Å²) in [6.45, 7) is 2.16. The van der Waals surface area contributed by atoms with Crippen LogP contribution in [-0.4, -0.2) is 21.9 Å². The Balaban J connectivity index is 1.28. The molecule has 2 bridgehead atoms. The number of aromatic amines is 1. The topological polar surface area (TPSA) is 74.8 Å². The van der Waals surface area contributed by atoms with E-state index in [0.717, 1.165) is 11.8 Å². The second kappa shape index (κ2) is 7.22. The van der Waals surface area contributed by atoms with Gasteiger partial charge < -0.3 is 10.3 Å². The number of nitrogens with zero attached hydrogens (tertiary/aromatic N) is 1. The van der Waals surface area contributed by atoms with Gasteiger partial charge in [-0.3, -0.25) is 9.59 Å². The zero-order valence-electron chi connectivity index (χ0n) is 15.3. The first-order valence-electron chi connectivity index (χ1n) is 9.87. The van der Waals surface area contributed by atoms with E-state index in [0.29, 0.717) is 41.9 Å². The van der Waals surface area contributed by atoms with Crippen molar-refractivity contribution in [2.75, 3.05) is 0 Å². The van der Waals surface area contributed by atoms with Crippen molar-refractivity contribution in [3.63, 3.8) is 0 Å². The molecule has 5 nitrogen and oxygen atoms in total. The molecule has 1 aromatic carbocycles. The predicted molar refractivity (Wildman–Crippen MR) is 102 cm³/mol. The van der Waals surface area contributed by atoms with E-state index in [9.17, 15) is 9.59 Å². The monoisotopic (exact) mass is 353 g/mol. The third-order valence-corrected chi connectivity index (χ3v) is 6.30. The van der Waals surface area contributed by atoms with Gasteiger partial charge in [0.05, 0.1) is 10.9 Å². The Bertz CT molecular complexity index is 860. The molecule has 2 aromatic rings. The molecule has 4 unspecified atom stereocenters. The molecule has 2 N–H and O–H groups in total. The maximum absolute atomic E-state index is 12.3. The largest absolute Gasteiger partial charge is 0.353 e. The molecule has 5 heteroatoms. The summed E-state index contributed by atoms with van der Waals surface area (Å²) in [5.74, 6) is 3.16. The number of amides is 1. The van der Waals surface area contributed by atoms with Crippen molar-refractivity contribution >= 4 is 16.8 Å². The number of nitrogens with one attached hydrogen (secondary N) is 2. The number of H-pyrrole nitrogens is 1. The smallest absolute Gasteiger partial charge is 0.258 e. The van der Waals surface area contributed by atoms with E-state index in [1.165, 1.54) is 25.7 Å². The van der Waals surface area contributed by atoms with Gasteiger partial charge in [0.1, 0.15) is 5.82 Å². The fraction of sp³-hybridized carbons (Fsp3) is 0.571. The lowest BCUT2D eigenvalue weighted by molar-refractivity contribution is -0.122. The van der Waals surface area contributed by atoms with Gasteiger partial charge in [0.2, 0.25) is 5.91 Å². The van der Waals surface area contributed by atoms with E-state index < -0.39 is 0 Å². The van der Waals surface area contributed by atoms with Gasteiger partial charge in [-0.15, -0.1) is 0 Å². The molecular weight excluding hydrogens is 326 g/mol. The van der Waals surface area contributed by atoms with Crippen LogP contribution in [0.5, 0.6) is 0 Å². The Morgan fingerprint density at radius 3 is 2.92 bits per heavy atom. The minimum absolute atomic E-state index is 0.111. The maximum Gasteiger partial charge on any atom is 0.258 e. The standard InChI is InChI=1S/C21H27N3O2/c1-13(17-12-14-9-10-15(17)11-14)22-20(25)8-4-7-19-23-18-6-3-2-5-16(18)21(26)24-19/h2-3,5-6,13-15,17H,4,7-12H2,1H3,(H,22,25)(H,23,24,26). The third kappa shape index (κ3) is 3.53. The minimum atomic E-state index is -0.111. The highest BCUT2D eigenvalue weighted by Crippen LogP contribution is 2.49. The van der Waals surface area contributed by atoms with Crippen molar-refractivity contribution in [1.82, 2.24) is 15.3 Å².